The molecular formula is C14H18O5S. The van der Waals surface area contributed by atoms with Gasteiger partial charge in [0.15, 0.2) is 9.84 Å². The summed E-state index contributed by atoms with van der Waals surface area (Å²) in [6.45, 7) is 3.38. The van der Waals surface area contributed by atoms with Crippen LogP contribution in [0.25, 0.3) is 6.08 Å². The number of benzene rings is 1. The third-order valence-corrected chi connectivity index (χ3v) is 4.83. The topological polar surface area (TPSA) is 80.7 Å². The molecule has 1 aromatic rings. The van der Waals surface area contributed by atoms with Crippen molar-refractivity contribution in [1.29, 1.82) is 0 Å². The molecule has 20 heavy (non-hydrogen) atoms. The lowest BCUT2D eigenvalue weighted by atomic mass is 10.2. The molecule has 0 aliphatic rings. The van der Waals surface area contributed by atoms with E-state index in [0.717, 1.165) is 11.6 Å². The zero-order valence-corrected chi connectivity index (χ0v) is 12.3. The summed E-state index contributed by atoms with van der Waals surface area (Å²) in [6.07, 6.45) is 2.51. The molecule has 0 saturated carbocycles. The van der Waals surface area contributed by atoms with Crippen molar-refractivity contribution in [2.24, 2.45) is 0 Å². The maximum atomic E-state index is 11.6. The summed E-state index contributed by atoms with van der Waals surface area (Å²) in [4.78, 5) is 10.4. The smallest absolute Gasteiger partial charge is 0.328 e. The van der Waals surface area contributed by atoms with Gasteiger partial charge in [0.25, 0.3) is 0 Å². The summed E-state index contributed by atoms with van der Waals surface area (Å²) < 4.78 is 28.5. The van der Waals surface area contributed by atoms with E-state index in [2.05, 4.69) is 0 Å². The predicted molar refractivity (Wildman–Crippen MR) is 77.5 cm³/mol. The average molecular weight is 298 g/mol. The van der Waals surface area contributed by atoms with Crippen LogP contribution in [0.1, 0.15) is 19.4 Å². The lowest BCUT2D eigenvalue weighted by Crippen LogP contribution is -2.21. The zero-order valence-electron chi connectivity index (χ0n) is 11.4. The molecule has 0 atom stereocenters. The first kappa shape index (κ1) is 16.2. The van der Waals surface area contributed by atoms with E-state index in [4.69, 9.17) is 9.84 Å². The molecule has 0 saturated heterocycles. The van der Waals surface area contributed by atoms with Crippen LogP contribution in [-0.2, 0) is 14.6 Å². The van der Waals surface area contributed by atoms with Gasteiger partial charge in [-0.05, 0) is 37.6 Å². The lowest BCUT2D eigenvalue weighted by Gasteiger charge is -2.09. The Morgan fingerprint density at radius 2 is 1.90 bits per heavy atom. The van der Waals surface area contributed by atoms with Gasteiger partial charge in [-0.15, -0.1) is 0 Å². The van der Waals surface area contributed by atoms with Gasteiger partial charge < -0.3 is 9.84 Å². The highest BCUT2D eigenvalue weighted by atomic mass is 32.2. The second-order valence-corrected chi connectivity index (χ2v) is 7.18. The third kappa shape index (κ3) is 5.44. The first-order chi connectivity index (χ1) is 9.31. The van der Waals surface area contributed by atoms with Crippen molar-refractivity contribution < 1.29 is 23.1 Å². The Balaban J connectivity index is 2.52. The Bertz CT molecular complexity index is 570. The van der Waals surface area contributed by atoms with E-state index in [1.165, 1.54) is 6.08 Å². The van der Waals surface area contributed by atoms with E-state index >= 15 is 0 Å². The van der Waals surface area contributed by atoms with Gasteiger partial charge in [-0.1, -0.05) is 12.1 Å². The largest absolute Gasteiger partial charge is 0.493 e. The summed E-state index contributed by atoms with van der Waals surface area (Å²) >= 11 is 0. The fraction of sp³-hybridized carbons (Fsp3) is 0.357. The molecule has 5 nitrogen and oxygen atoms in total. The number of carboxylic acids is 1. The standard InChI is InChI=1S/C14H18O5S/c1-11(2)20(17,18)10-9-19-13-6-3-12(4-7-13)5-8-14(15)16/h3-8,11H,9-10H2,1-2H3,(H,15,16)/b8-5+. The second kappa shape index (κ2) is 7.09. The Morgan fingerprint density at radius 3 is 2.40 bits per heavy atom. The zero-order chi connectivity index (χ0) is 15.2. The molecule has 1 aromatic carbocycles. The van der Waals surface area contributed by atoms with Crippen LogP contribution in [-0.4, -0.2) is 37.1 Å². The number of hydrogen-bond acceptors (Lipinski definition) is 4. The van der Waals surface area contributed by atoms with Gasteiger partial charge in [0, 0.05) is 6.08 Å². The number of ether oxygens (including phenoxy) is 1. The molecular weight excluding hydrogens is 280 g/mol. The van der Waals surface area contributed by atoms with E-state index < -0.39 is 21.1 Å². The maximum absolute atomic E-state index is 11.6. The van der Waals surface area contributed by atoms with E-state index in [1.54, 1.807) is 38.1 Å². The molecule has 0 aliphatic heterocycles. The first-order valence-electron chi connectivity index (χ1n) is 6.16. The van der Waals surface area contributed by atoms with Crippen LogP contribution in [0.5, 0.6) is 5.75 Å². The molecule has 110 valence electrons. The fourth-order valence-corrected chi connectivity index (χ4v) is 2.14. The van der Waals surface area contributed by atoms with Crippen LogP contribution in [0.4, 0.5) is 0 Å². The van der Waals surface area contributed by atoms with Gasteiger partial charge >= 0.3 is 5.97 Å². The number of rotatable bonds is 7. The Kier molecular flexibility index (Phi) is 5.76. The number of aliphatic carboxylic acids is 1. The minimum atomic E-state index is -3.10. The highest BCUT2D eigenvalue weighted by molar-refractivity contribution is 7.91. The Morgan fingerprint density at radius 1 is 1.30 bits per heavy atom. The van der Waals surface area contributed by atoms with Crippen LogP contribution in [0.15, 0.2) is 30.3 Å². The van der Waals surface area contributed by atoms with Gasteiger partial charge in [0.1, 0.15) is 12.4 Å². The van der Waals surface area contributed by atoms with Crippen LogP contribution in [0, 0.1) is 0 Å². The molecule has 0 amide bonds. The third-order valence-electron chi connectivity index (χ3n) is 2.65. The number of hydrogen-bond donors (Lipinski definition) is 1. The average Bonchev–Trinajstić information content (AvgIpc) is 2.37. The summed E-state index contributed by atoms with van der Waals surface area (Å²) in [5.74, 6) is -0.480. The van der Waals surface area contributed by atoms with Gasteiger partial charge in [-0.3, -0.25) is 0 Å². The van der Waals surface area contributed by atoms with E-state index in [-0.39, 0.29) is 12.4 Å². The van der Waals surface area contributed by atoms with Crippen LogP contribution < -0.4 is 4.74 Å². The van der Waals surface area contributed by atoms with E-state index in [1.807, 2.05) is 0 Å². The van der Waals surface area contributed by atoms with E-state index in [9.17, 15) is 13.2 Å². The van der Waals surface area contributed by atoms with Crippen molar-refractivity contribution in [2.45, 2.75) is 19.1 Å². The highest BCUT2D eigenvalue weighted by Gasteiger charge is 2.15. The molecule has 1 N–H and O–H groups in total. The molecule has 0 bridgehead atoms. The van der Waals surface area contributed by atoms with Crippen LogP contribution >= 0.6 is 0 Å². The first-order valence-corrected chi connectivity index (χ1v) is 7.88. The summed E-state index contributed by atoms with van der Waals surface area (Å²) in [5.41, 5.74) is 0.731. The molecule has 0 heterocycles. The van der Waals surface area contributed by atoms with Crippen molar-refractivity contribution in [3.05, 3.63) is 35.9 Å². The number of sulfone groups is 1. The van der Waals surface area contributed by atoms with Gasteiger partial charge in [-0.2, -0.15) is 0 Å². The van der Waals surface area contributed by atoms with Crippen molar-refractivity contribution in [2.75, 3.05) is 12.4 Å². The normalized spacial score (nSPS) is 11.9. The molecule has 0 spiro atoms. The predicted octanol–water partition coefficient (Wildman–Crippen LogP) is 1.99. The fourth-order valence-electron chi connectivity index (χ4n) is 1.35. The Labute approximate surface area is 118 Å². The number of carbonyl (C=O) groups is 1. The Hall–Kier alpha value is -1.82. The van der Waals surface area contributed by atoms with Crippen molar-refractivity contribution >= 4 is 21.9 Å². The SMILES string of the molecule is CC(C)S(=O)(=O)CCOc1ccc(/C=C/C(=O)O)cc1. The quantitative estimate of drug-likeness (QED) is 0.779. The molecule has 6 heteroatoms. The maximum Gasteiger partial charge on any atom is 0.328 e. The molecule has 0 unspecified atom stereocenters. The van der Waals surface area contributed by atoms with Crippen molar-refractivity contribution in [3.63, 3.8) is 0 Å². The molecule has 0 aromatic heterocycles. The van der Waals surface area contributed by atoms with Gasteiger partial charge in [0.05, 0.1) is 11.0 Å². The molecule has 0 aliphatic carbocycles. The summed E-state index contributed by atoms with van der Waals surface area (Å²) in [7, 11) is -3.10. The monoisotopic (exact) mass is 298 g/mol. The van der Waals surface area contributed by atoms with E-state index in [0.29, 0.717) is 5.75 Å². The lowest BCUT2D eigenvalue weighted by molar-refractivity contribution is -0.131. The summed E-state index contributed by atoms with van der Waals surface area (Å²) in [6, 6.07) is 6.74. The molecule has 1 rings (SSSR count). The van der Waals surface area contributed by atoms with Gasteiger partial charge in [-0.25, -0.2) is 13.2 Å². The molecule has 0 radical (unpaired) electrons. The molecule has 0 fully saturated rings. The highest BCUT2D eigenvalue weighted by Crippen LogP contribution is 2.13. The minimum absolute atomic E-state index is 0.0225. The number of carboxylic acid groups (broad SMARTS) is 1. The van der Waals surface area contributed by atoms with Crippen molar-refractivity contribution in [3.8, 4) is 5.75 Å². The minimum Gasteiger partial charge on any atom is -0.493 e. The summed E-state index contributed by atoms with van der Waals surface area (Å²) in [5, 5.41) is 8.09. The van der Waals surface area contributed by atoms with Crippen LogP contribution in [0.3, 0.4) is 0 Å². The van der Waals surface area contributed by atoms with Gasteiger partial charge in [0.2, 0.25) is 0 Å². The second-order valence-electron chi connectivity index (χ2n) is 4.50. The van der Waals surface area contributed by atoms with Crippen molar-refractivity contribution in [1.82, 2.24) is 0 Å². The van der Waals surface area contributed by atoms with Crippen LogP contribution in [0.2, 0.25) is 0 Å².